The van der Waals surface area contributed by atoms with E-state index in [0.29, 0.717) is 23.1 Å². The van der Waals surface area contributed by atoms with Gasteiger partial charge in [-0.15, -0.1) is 0 Å². The number of anilines is 1. The Morgan fingerprint density at radius 3 is 1.81 bits per heavy atom. The Balaban J connectivity index is 0.000000214. The SMILES string of the molecule is CC(=O)N(c1ccccc1)C1C(=O)N(C(C(=O)O)=C(O)CBr)C1SC=O.O=C1OC1(c1ccccc1)c1ccccc1. The summed E-state index contributed by atoms with van der Waals surface area (Å²) in [4.78, 5) is 61.0. The van der Waals surface area contributed by atoms with Gasteiger partial charge in [0.15, 0.2) is 11.3 Å². The van der Waals surface area contributed by atoms with Crippen molar-refractivity contribution >= 4 is 62.8 Å². The number of carbonyl (C=O) groups is 5. The Hall–Kier alpha value is -4.42. The highest BCUT2D eigenvalue weighted by Crippen LogP contribution is 2.46. The molecule has 0 spiro atoms. The largest absolute Gasteiger partial charge is 0.509 e. The van der Waals surface area contributed by atoms with Crippen molar-refractivity contribution in [1.29, 1.82) is 0 Å². The minimum absolute atomic E-state index is 0.176. The first kappa shape index (κ1) is 30.5. The number of aliphatic carboxylic acids is 1. The molecule has 10 nitrogen and oxygen atoms in total. The van der Waals surface area contributed by atoms with E-state index < -0.39 is 46.3 Å². The molecule has 2 saturated heterocycles. The number of benzene rings is 3. The zero-order valence-corrected chi connectivity index (χ0v) is 24.5. The predicted molar refractivity (Wildman–Crippen MR) is 159 cm³/mol. The number of allylic oxidation sites excluding steroid dienone is 1. The summed E-state index contributed by atoms with van der Waals surface area (Å²) in [5.74, 6) is -3.39. The average molecular weight is 654 g/mol. The number of carbonyl (C=O) groups excluding carboxylic acids is 4. The van der Waals surface area contributed by atoms with E-state index >= 15 is 0 Å². The fourth-order valence-electron chi connectivity index (χ4n) is 4.65. The number of nitrogens with zero attached hydrogens (tertiary/aromatic N) is 2. The lowest BCUT2D eigenvalue weighted by Gasteiger charge is -2.49. The van der Waals surface area contributed by atoms with Crippen molar-refractivity contribution in [2.45, 2.75) is 23.9 Å². The van der Waals surface area contributed by atoms with Gasteiger partial charge in [-0.2, -0.15) is 0 Å². The molecule has 216 valence electrons. The average Bonchev–Trinajstić information content (AvgIpc) is 3.70. The van der Waals surface area contributed by atoms with Gasteiger partial charge in [0.2, 0.25) is 5.91 Å². The number of halogens is 1. The molecule has 0 radical (unpaired) electrons. The summed E-state index contributed by atoms with van der Waals surface area (Å²) < 4.78 is 5.24. The summed E-state index contributed by atoms with van der Waals surface area (Å²) in [6, 6.07) is 26.5. The normalized spacial score (nSPS) is 18.8. The number of epoxide rings is 1. The fraction of sp³-hybridized carbons (Fsp3) is 0.167. The lowest BCUT2D eigenvalue weighted by atomic mass is 9.91. The van der Waals surface area contributed by atoms with Gasteiger partial charge in [0.1, 0.15) is 17.2 Å². The quantitative estimate of drug-likeness (QED) is 0.0866. The molecule has 2 aliphatic heterocycles. The number of para-hydroxylation sites is 1. The molecule has 2 aliphatic rings. The van der Waals surface area contributed by atoms with E-state index in [4.69, 9.17) is 4.74 Å². The van der Waals surface area contributed by atoms with Crippen LogP contribution in [0.25, 0.3) is 0 Å². The summed E-state index contributed by atoms with van der Waals surface area (Å²) in [6.07, 6.45) is 0. The van der Waals surface area contributed by atoms with Gasteiger partial charge in [-0.05, 0) is 12.1 Å². The highest BCUT2D eigenvalue weighted by molar-refractivity contribution is 9.09. The molecular weight excluding hydrogens is 628 g/mol. The molecule has 0 bridgehead atoms. The number of carboxylic acid groups (broad SMARTS) is 1. The summed E-state index contributed by atoms with van der Waals surface area (Å²) >= 11 is 3.60. The van der Waals surface area contributed by atoms with Crippen molar-refractivity contribution in [1.82, 2.24) is 4.90 Å². The fourth-order valence-corrected chi connectivity index (χ4v) is 5.75. The number of ether oxygens (including phenoxy) is 1. The van der Waals surface area contributed by atoms with E-state index in [-0.39, 0.29) is 11.3 Å². The number of rotatable bonds is 9. The molecule has 2 unspecified atom stereocenters. The van der Waals surface area contributed by atoms with Crippen LogP contribution in [0.3, 0.4) is 0 Å². The van der Waals surface area contributed by atoms with Crippen molar-refractivity contribution in [2.24, 2.45) is 0 Å². The molecule has 2 fully saturated rings. The van der Waals surface area contributed by atoms with Crippen LogP contribution < -0.4 is 4.90 Å². The Morgan fingerprint density at radius 1 is 0.952 bits per heavy atom. The predicted octanol–water partition coefficient (Wildman–Crippen LogP) is 4.24. The highest BCUT2D eigenvalue weighted by atomic mass is 79.9. The lowest BCUT2D eigenvalue weighted by molar-refractivity contribution is -0.149. The molecule has 0 aliphatic carbocycles. The Morgan fingerprint density at radius 2 is 1.43 bits per heavy atom. The maximum atomic E-state index is 12.7. The molecular formula is C30H25BrN2O8S. The molecule has 2 heterocycles. The topological polar surface area (TPSA) is 145 Å². The van der Waals surface area contributed by atoms with E-state index in [0.717, 1.165) is 16.0 Å². The van der Waals surface area contributed by atoms with Crippen molar-refractivity contribution in [3.8, 4) is 0 Å². The molecule has 2 N–H and O–H groups in total. The number of aliphatic hydroxyl groups excluding tert-OH is 1. The van der Waals surface area contributed by atoms with Crippen LogP contribution in [0, 0.1) is 0 Å². The van der Waals surface area contributed by atoms with Crippen molar-refractivity contribution in [3.05, 3.63) is 114 Å². The first-order valence-corrected chi connectivity index (χ1v) is 14.6. The Bertz CT molecular complexity index is 1480. The minimum Gasteiger partial charge on any atom is -0.509 e. The van der Waals surface area contributed by atoms with Gasteiger partial charge in [0.05, 0.1) is 5.33 Å². The summed E-state index contributed by atoms with van der Waals surface area (Å²) in [7, 11) is 0. The smallest absolute Gasteiger partial charge is 0.362 e. The van der Waals surface area contributed by atoms with Gasteiger partial charge in [-0.3, -0.25) is 24.2 Å². The highest BCUT2D eigenvalue weighted by Gasteiger charge is 2.61. The zero-order valence-electron chi connectivity index (χ0n) is 22.1. The molecule has 42 heavy (non-hydrogen) atoms. The van der Waals surface area contributed by atoms with Crippen LogP contribution >= 0.6 is 27.7 Å². The molecule has 12 heteroatoms. The third-order valence-corrected chi connectivity index (χ3v) is 7.95. The number of thioether (sulfide) groups is 1. The van der Waals surface area contributed by atoms with Crippen LogP contribution in [0.2, 0.25) is 0 Å². The summed E-state index contributed by atoms with van der Waals surface area (Å²) in [5, 5.41) is 18.1. The molecule has 3 aromatic rings. The van der Waals surface area contributed by atoms with E-state index in [2.05, 4.69) is 15.9 Å². The van der Waals surface area contributed by atoms with Gasteiger partial charge in [0, 0.05) is 23.7 Å². The Kier molecular flexibility index (Phi) is 9.48. The molecule has 2 atom stereocenters. The summed E-state index contributed by atoms with van der Waals surface area (Å²) in [6.45, 7) is 1.27. The van der Waals surface area contributed by atoms with Crippen LogP contribution in [-0.2, 0) is 34.3 Å². The van der Waals surface area contributed by atoms with Crippen molar-refractivity contribution in [2.75, 3.05) is 10.2 Å². The van der Waals surface area contributed by atoms with Crippen molar-refractivity contribution in [3.63, 3.8) is 0 Å². The standard InChI is InChI=1S/C16H15BrN2O6S.C14H10O2/c1-9(21)18(10-5-3-2-4-6-10)13-14(23)19(15(13)26-8-20)12(16(24)25)11(22)7-17;15-13-14(16-13,11-7-3-1-4-8-11)12-9-5-2-6-10-12/h2-6,8,13,15,22H,7H2,1H3,(H,24,25);1-10H. The number of likely N-dealkylation sites (tertiary alicyclic amines) is 1. The van der Waals surface area contributed by atoms with E-state index in [1.165, 1.54) is 11.8 Å². The number of hydrogen-bond acceptors (Lipinski definition) is 8. The number of carboxylic acids is 1. The van der Waals surface area contributed by atoms with E-state index in [1.807, 2.05) is 60.7 Å². The number of cyclic esters (lactones) is 1. The first-order chi connectivity index (χ1) is 20.2. The van der Waals surface area contributed by atoms with Gasteiger partial charge < -0.3 is 14.9 Å². The van der Waals surface area contributed by atoms with Crippen LogP contribution in [0.4, 0.5) is 5.69 Å². The number of aliphatic hydroxyl groups is 1. The van der Waals surface area contributed by atoms with Crippen molar-refractivity contribution < 1.29 is 38.9 Å². The number of alkyl halides is 1. The van der Waals surface area contributed by atoms with E-state index in [9.17, 15) is 34.2 Å². The molecule has 3 aromatic carbocycles. The molecule has 0 saturated carbocycles. The van der Waals surface area contributed by atoms with Crippen LogP contribution in [0.5, 0.6) is 0 Å². The summed E-state index contributed by atoms with van der Waals surface area (Å²) in [5.41, 5.74) is 1.23. The van der Waals surface area contributed by atoms with Crippen LogP contribution in [0.1, 0.15) is 18.1 Å². The second kappa shape index (κ2) is 13.0. The maximum absolute atomic E-state index is 12.7. The van der Waals surface area contributed by atoms with Gasteiger partial charge in [0.25, 0.3) is 11.5 Å². The molecule has 5 rings (SSSR count). The number of amides is 2. The van der Waals surface area contributed by atoms with Crippen LogP contribution in [-0.4, -0.2) is 61.2 Å². The Labute approximate surface area is 253 Å². The van der Waals surface area contributed by atoms with Gasteiger partial charge in [-0.25, -0.2) is 9.59 Å². The maximum Gasteiger partial charge on any atom is 0.362 e. The minimum atomic E-state index is -1.51. The second-order valence-corrected chi connectivity index (χ2v) is 10.5. The molecule has 2 amide bonds. The number of hydrogen-bond donors (Lipinski definition) is 2. The number of β-lactam (4-membered cyclic amide) rings is 1. The molecule has 0 aromatic heterocycles. The second-order valence-electron chi connectivity index (χ2n) is 9.04. The zero-order chi connectivity index (χ0) is 30.4. The lowest BCUT2D eigenvalue weighted by Crippen LogP contribution is -2.70. The van der Waals surface area contributed by atoms with Gasteiger partial charge >= 0.3 is 11.9 Å². The third-order valence-electron chi connectivity index (χ3n) is 6.56. The first-order valence-electron chi connectivity index (χ1n) is 12.5. The third kappa shape index (κ3) is 5.81. The van der Waals surface area contributed by atoms with Crippen LogP contribution in [0.15, 0.2) is 102 Å². The monoisotopic (exact) mass is 652 g/mol. The van der Waals surface area contributed by atoms with E-state index in [1.54, 1.807) is 30.3 Å². The van der Waals surface area contributed by atoms with Gasteiger partial charge in [-0.1, -0.05) is 107 Å².